The standard InChI is InChI=1S/C11H18N4O/c1-14-4-6-15(7-5-14)11-9-2-3-12-8-10(9)16-13-11/h12H,2-8H2,1H3. The van der Waals surface area contributed by atoms with Crippen LogP contribution in [0.25, 0.3) is 0 Å². The van der Waals surface area contributed by atoms with Gasteiger partial charge in [-0.15, -0.1) is 0 Å². The van der Waals surface area contributed by atoms with Crippen LogP contribution in [-0.2, 0) is 13.0 Å². The second-order valence-electron chi connectivity index (χ2n) is 4.63. The van der Waals surface area contributed by atoms with E-state index < -0.39 is 0 Å². The van der Waals surface area contributed by atoms with Crippen molar-refractivity contribution in [1.29, 1.82) is 0 Å². The average molecular weight is 222 g/mol. The Morgan fingerprint density at radius 1 is 1.25 bits per heavy atom. The molecule has 0 aliphatic carbocycles. The van der Waals surface area contributed by atoms with Crippen LogP contribution in [0, 0.1) is 0 Å². The maximum Gasteiger partial charge on any atom is 0.175 e. The Bertz CT molecular complexity index is 368. The summed E-state index contributed by atoms with van der Waals surface area (Å²) in [6.45, 7) is 6.20. The van der Waals surface area contributed by atoms with Gasteiger partial charge in [-0.3, -0.25) is 0 Å². The summed E-state index contributed by atoms with van der Waals surface area (Å²) in [7, 11) is 2.17. The minimum Gasteiger partial charge on any atom is -0.358 e. The monoisotopic (exact) mass is 222 g/mol. The third-order valence-electron chi connectivity index (χ3n) is 3.49. The first-order chi connectivity index (χ1) is 7.84. The van der Waals surface area contributed by atoms with Crippen molar-refractivity contribution in [2.75, 3.05) is 44.7 Å². The highest BCUT2D eigenvalue weighted by Gasteiger charge is 2.24. The Hall–Kier alpha value is -1.07. The number of likely N-dealkylation sites (N-methyl/N-ethyl adjacent to an activating group) is 1. The molecule has 0 unspecified atom stereocenters. The zero-order valence-corrected chi connectivity index (χ0v) is 9.70. The number of anilines is 1. The summed E-state index contributed by atoms with van der Waals surface area (Å²) in [6.07, 6.45) is 1.04. The molecular formula is C11H18N4O. The van der Waals surface area contributed by atoms with E-state index in [4.69, 9.17) is 4.52 Å². The zero-order valence-electron chi connectivity index (χ0n) is 9.70. The van der Waals surface area contributed by atoms with Gasteiger partial charge < -0.3 is 19.6 Å². The fourth-order valence-corrected chi connectivity index (χ4v) is 2.41. The lowest BCUT2D eigenvalue weighted by Crippen LogP contribution is -2.45. The van der Waals surface area contributed by atoms with Crippen LogP contribution in [0.5, 0.6) is 0 Å². The van der Waals surface area contributed by atoms with E-state index in [9.17, 15) is 0 Å². The predicted octanol–water partition coefficient (Wildman–Crippen LogP) is 0.0721. The summed E-state index contributed by atoms with van der Waals surface area (Å²) in [4.78, 5) is 4.71. The minimum atomic E-state index is 0.829. The van der Waals surface area contributed by atoms with Crippen LogP contribution in [0.1, 0.15) is 11.3 Å². The van der Waals surface area contributed by atoms with Gasteiger partial charge in [-0.2, -0.15) is 0 Å². The van der Waals surface area contributed by atoms with Gasteiger partial charge >= 0.3 is 0 Å². The Morgan fingerprint density at radius 2 is 2.06 bits per heavy atom. The second kappa shape index (κ2) is 4.07. The molecule has 3 rings (SSSR count). The summed E-state index contributed by atoms with van der Waals surface area (Å²) in [6, 6.07) is 0. The quantitative estimate of drug-likeness (QED) is 0.728. The van der Waals surface area contributed by atoms with E-state index in [1.165, 1.54) is 5.56 Å². The van der Waals surface area contributed by atoms with E-state index in [1.54, 1.807) is 0 Å². The number of nitrogens with zero attached hydrogens (tertiary/aromatic N) is 3. The molecule has 1 aromatic rings. The van der Waals surface area contributed by atoms with Crippen LogP contribution in [0.3, 0.4) is 0 Å². The van der Waals surface area contributed by atoms with Crippen molar-refractivity contribution in [1.82, 2.24) is 15.4 Å². The van der Waals surface area contributed by atoms with Crippen molar-refractivity contribution >= 4 is 5.82 Å². The first-order valence-corrected chi connectivity index (χ1v) is 5.96. The topological polar surface area (TPSA) is 44.5 Å². The van der Waals surface area contributed by atoms with E-state index in [1.807, 2.05) is 0 Å². The van der Waals surface area contributed by atoms with Crippen LogP contribution < -0.4 is 10.2 Å². The van der Waals surface area contributed by atoms with Gasteiger partial charge in [0.1, 0.15) is 0 Å². The Labute approximate surface area is 95.4 Å². The summed E-state index contributed by atoms with van der Waals surface area (Å²) in [5.41, 5.74) is 1.32. The summed E-state index contributed by atoms with van der Waals surface area (Å²) >= 11 is 0. The SMILES string of the molecule is CN1CCN(c2noc3c2CCNC3)CC1. The molecule has 88 valence electrons. The lowest BCUT2D eigenvalue weighted by molar-refractivity contribution is 0.308. The number of fused-ring (bicyclic) bond motifs is 1. The van der Waals surface area contributed by atoms with Crippen LogP contribution in [0.4, 0.5) is 5.82 Å². The van der Waals surface area contributed by atoms with Crippen LogP contribution in [-0.4, -0.2) is 49.8 Å². The highest BCUT2D eigenvalue weighted by Crippen LogP contribution is 2.26. The van der Waals surface area contributed by atoms with Crippen molar-refractivity contribution < 1.29 is 4.52 Å². The summed E-state index contributed by atoms with van der Waals surface area (Å²) in [5, 5.41) is 7.54. The lowest BCUT2D eigenvalue weighted by atomic mass is 10.1. The van der Waals surface area contributed by atoms with Gasteiger partial charge in [0.25, 0.3) is 0 Å². The molecule has 2 aliphatic heterocycles. The Morgan fingerprint density at radius 3 is 2.88 bits per heavy atom. The molecule has 1 N–H and O–H groups in total. The zero-order chi connectivity index (χ0) is 11.0. The molecule has 16 heavy (non-hydrogen) atoms. The van der Waals surface area contributed by atoms with Crippen LogP contribution in [0.2, 0.25) is 0 Å². The van der Waals surface area contributed by atoms with Crippen LogP contribution in [0.15, 0.2) is 4.52 Å². The van der Waals surface area contributed by atoms with Crippen molar-refractivity contribution in [3.05, 3.63) is 11.3 Å². The third-order valence-corrected chi connectivity index (χ3v) is 3.49. The largest absolute Gasteiger partial charge is 0.358 e. The summed E-state index contributed by atoms with van der Waals surface area (Å²) < 4.78 is 5.40. The van der Waals surface area contributed by atoms with E-state index in [0.717, 1.165) is 57.3 Å². The second-order valence-corrected chi connectivity index (χ2v) is 4.63. The molecule has 5 heteroatoms. The van der Waals surface area contributed by atoms with Gasteiger partial charge in [-0.25, -0.2) is 0 Å². The molecule has 1 fully saturated rings. The number of piperazine rings is 1. The fourth-order valence-electron chi connectivity index (χ4n) is 2.41. The molecule has 0 bridgehead atoms. The number of rotatable bonds is 1. The summed E-state index contributed by atoms with van der Waals surface area (Å²) in [5.74, 6) is 2.12. The molecule has 0 radical (unpaired) electrons. The van der Waals surface area contributed by atoms with Gasteiger partial charge in [0, 0.05) is 31.7 Å². The fraction of sp³-hybridized carbons (Fsp3) is 0.727. The molecule has 0 saturated carbocycles. The van der Waals surface area contributed by atoms with Gasteiger partial charge in [0.2, 0.25) is 0 Å². The maximum atomic E-state index is 5.40. The number of hydrogen-bond acceptors (Lipinski definition) is 5. The Kier molecular flexibility index (Phi) is 2.57. The highest BCUT2D eigenvalue weighted by molar-refractivity contribution is 5.49. The molecule has 0 atom stereocenters. The number of hydrogen-bond donors (Lipinski definition) is 1. The number of aromatic nitrogens is 1. The Balaban J connectivity index is 1.81. The smallest absolute Gasteiger partial charge is 0.175 e. The molecule has 0 spiro atoms. The normalized spacial score (nSPS) is 22.2. The highest BCUT2D eigenvalue weighted by atomic mass is 16.5. The average Bonchev–Trinajstić information content (AvgIpc) is 2.74. The van der Waals surface area contributed by atoms with Crippen molar-refractivity contribution in [3.8, 4) is 0 Å². The molecule has 1 saturated heterocycles. The number of nitrogens with one attached hydrogen (secondary N) is 1. The molecule has 3 heterocycles. The first-order valence-electron chi connectivity index (χ1n) is 5.96. The first kappa shape index (κ1) is 10.1. The van der Waals surface area contributed by atoms with Gasteiger partial charge in [0.05, 0.1) is 6.54 Å². The maximum absolute atomic E-state index is 5.40. The molecule has 1 aromatic heterocycles. The van der Waals surface area contributed by atoms with Crippen molar-refractivity contribution in [3.63, 3.8) is 0 Å². The van der Waals surface area contributed by atoms with Gasteiger partial charge in [0.15, 0.2) is 11.6 Å². The van der Waals surface area contributed by atoms with Gasteiger partial charge in [-0.1, -0.05) is 5.16 Å². The predicted molar refractivity (Wildman–Crippen MR) is 61.6 cm³/mol. The third kappa shape index (κ3) is 1.70. The van der Waals surface area contributed by atoms with Gasteiger partial charge in [-0.05, 0) is 20.0 Å². The molecular weight excluding hydrogens is 204 g/mol. The molecule has 0 aromatic carbocycles. The van der Waals surface area contributed by atoms with Crippen molar-refractivity contribution in [2.24, 2.45) is 0 Å². The van der Waals surface area contributed by atoms with Crippen molar-refractivity contribution in [2.45, 2.75) is 13.0 Å². The van der Waals surface area contributed by atoms with Crippen LogP contribution >= 0.6 is 0 Å². The van der Waals surface area contributed by atoms with E-state index in [0.29, 0.717) is 0 Å². The lowest BCUT2D eigenvalue weighted by Gasteiger charge is -2.33. The minimum absolute atomic E-state index is 0.829. The van der Waals surface area contributed by atoms with E-state index in [2.05, 4.69) is 27.3 Å². The molecule has 2 aliphatic rings. The van der Waals surface area contributed by atoms with E-state index >= 15 is 0 Å². The molecule has 5 nitrogen and oxygen atoms in total. The molecule has 0 amide bonds. The van der Waals surface area contributed by atoms with E-state index in [-0.39, 0.29) is 0 Å².